The minimum Gasteiger partial charge on any atom is -0.490 e. The van der Waals surface area contributed by atoms with Gasteiger partial charge in [-0.3, -0.25) is 15.1 Å². The van der Waals surface area contributed by atoms with Crippen LogP contribution in [-0.2, 0) is 17.8 Å². The Labute approximate surface area is 251 Å². The lowest BCUT2D eigenvalue weighted by molar-refractivity contribution is 0.0636. The third kappa shape index (κ3) is 9.11. The molecule has 2 saturated heterocycles. The zero-order valence-electron chi connectivity index (χ0n) is 24.7. The van der Waals surface area contributed by atoms with E-state index in [1.807, 2.05) is 27.0 Å². The van der Waals surface area contributed by atoms with Gasteiger partial charge in [-0.1, -0.05) is 12.1 Å². The molecule has 2 fully saturated rings. The van der Waals surface area contributed by atoms with Crippen LogP contribution in [-0.4, -0.2) is 76.8 Å². The number of aromatic nitrogens is 2. The summed E-state index contributed by atoms with van der Waals surface area (Å²) >= 11 is 1.48. The van der Waals surface area contributed by atoms with Crippen LogP contribution in [0.3, 0.4) is 0 Å². The van der Waals surface area contributed by atoms with Crippen LogP contribution >= 0.6 is 11.3 Å². The first-order chi connectivity index (χ1) is 20.2. The number of pyridine rings is 1. The number of nitrogens with one attached hydrogen (secondary N) is 1. The maximum Gasteiger partial charge on any atom is 0.413 e. The van der Waals surface area contributed by atoms with E-state index in [1.54, 1.807) is 6.07 Å². The monoisotopic (exact) mass is 596 g/mol. The summed E-state index contributed by atoms with van der Waals surface area (Å²) in [5, 5.41) is 3.28. The topological polar surface area (TPSA) is 83.1 Å². The van der Waals surface area contributed by atoms with Crippen LogP contribution in [0.2, 0.25) is 0 Å². The zero-order valence-corrected chi connectivity index (χ0v) is 25.5. The van der Waals surface area contributed by atoms with E-state index >= 15 is 0 Å². The predicted molar refractivity (Wildman–Crippen MR) is 164 cm³/mol. The van der Waals surface area contributed by atoms with E-state index in [0.29, 0.717) is 5.13 Å². The number of nitrogens with zero attached hydrogens (tertiary/aromatic N) is 5. The van der Waals surface area contributed by atoms with E-state index in [1.165, 1.54) is 29.2 Å². The highest BCUT2D eigenvalue weighted by molar-refractivity contribution is 7.15. The van der Waals surface area contributed by atoms with Crippen LogP contribution < -0.4 is 15.0 Å². The van der Waals surface area contributed by atoms with Gasteiger partial charge in [0.1, 0.15) is 29.1 Å². The van der Waals surface area contributed by atoms with E-state index < -0.39 is 11.7 Å². The summed E-state index contributed by atoms with van der Waals surface area (Å²) < 4.78 is 24.9. The number of thiazole rings is 1. The van der Waals surface area contributed by atoms with Gasteiger partial charge < -0.3 is 14.4 Å². The second kappa shape index (κ2) is 13.8. The lowest BCUT2D eigenvalue weighted by atomic mass is 10.1. The normalized spacial score (nSPS) is 17.6. The van der Waals surface area contributed by atoms with Gasteiger partial charge in [0.25, 0.3) is 0 Å². The Hall–Kier alpha value is -3.28. The Morgan fingerprint density at radius 3 is 2.43 bits per heavy atom. The number of piperidine rings is 1. The zero-order chi connectivity index (χ0) is 29.5. The molecule has 0 unspecified atom stereocenters. The lowest BCUT2D eigenvalue weighted by Gasteiger charge is -2.31. The van der Waals surface area contributed by atoms with Crippen molar-refractivity contribution < 1.29 is 18.7 Å². The molecule has 226 valence electrons. The van der Waals surface area contributed by atoms with Gasteiger partial charge in [0, 0.05) is 63.4 Å². The van der Waals surface area contributed by atoms with E-state index in [-0.39, 0.29) is 11.9 Å². The van der Waals surface area contributed by atoms with Crippen molar-refractivity contribution in [3.05, 3.63) is 65.0 Å². The van der Waals surface area contributed by atoms with Gasteiger partial charge in [0.2, 0.25) is 0 Å². The Balaban J connectivity index is 1.02. The number of carbonyl (C=O) groups excluding carboxylic acids is 1. The lowest BCUT2D eigenvalue weighted by Crippen LogP contribution is -2.37. The first kappa shape index (κ1) is 30.2. The van der Waals surface area contributed by atoms with Gasteiger partial charge in [0.15, 0.2) is 5.13 Å². The number of rotatable bonds is 8. The van der Waals surface area contributed by atoms with Crippen LogP contribution in [0.15, 0.2) is 48.8 Å². The van der Waals surface area contributed by atoms with Gasteiger partial charge in [-0.25, -0.2) is 19.2 Å². The van der Waals surface area contributed by atoms with Gasteiger partial charge in [-0.15, -0.1) is 11.3 Å². The Bertz CT molecular complexity index is 1290. The molecule has 2 aliphatic rings. The minimum atomic E-state index is -0.541. The number of hydrogen-bond donors (Lipinski definition) is 1. The third-order valence-corrected chi connectivity index (χ3v) is 8.23. The quantitative estimate of drug-likeness (QED) is 0.351. The highest BCUT2D eigenvalue weighted by atomic mass is 32.1. The fraction of sp³-hybridized carbons (Fsp3) is 0.516. The molecule has 0 spiro atoms. The Morgan fingerprint density at radius 2 is 1.71 bits per heavy atom. The molecule has 0 aliphatic carbocycles. The molecule has 0 radical (unpaired) electrons. The van der Waals surface area contributed by atoms with Crippen molar-refractivity contribution in [2.45, 2.75) is 64.8 Å². The molecule has 0 bridgehead atoms. The molecule has 9 nitrogen and oxygen atoms in total. The van der Waals surface area contributed by atoms with Crippen LogP contribution in [0, 0.1) is 5.82 Å². The van der Waals surface area contributed by atoms with Crippen molar-refractivity contribution in [1.82, 2.24) is 19.8 Å². The van der Waals surface area contributed by atoms with Crippen molar-refractivity contribution in [2.75, 3.05) is 49.5 Å². The fourth-order valence-corrected chi connectivity index (χ4v) is 6.11. The summed E-state index contributed by atoms with van der Waals surface area (Å²) in [5.41, 5.74) is 0.733. The van der Waals surface area contributed by atoms with Crippen molar-refractivity contribution >= 4 is 28.4 Å². The summed E-state index contributed by atoms with van der Waals surface area (Å²) in [7, 11) is 0. The second-order valence-electron chi connectivity index (χ2n) is 11.9. The Morgan fingerprint density at radius 1 is 0.952 bits per heavy atom. The maximum atomic E-state index is 13.2. The minimum absolute atomic E-state index is 0.203. The highest BCUT2D eigenvalue weighted by Gasteiger charge is 2.22. The molecule has 3 aromatic rings. The molecule has 1 aromatic carbocycles. The highest BCUT2D eigenvalue weighted by Crippen LogP contribution is 2.25. The van der Waals surface area contributed by atoms with Gasteiger partial charge in [-0.05, 0) is 69.9 Å². The number of anilines is 2. The molecule has 1 amide bonds. The number of benzene rings is 1. The van der Waals surface area contributed by atoms with E-state index in [2.05, 4.69) is 54.2 Å². The summed E-state index contributed by atoms with van der Waals surface area (Å²) in [6.45, 7) is 12.9. The first-order valence-corrected chi connectivity index (χ1v) is 15.5. The standard InChI is InChI=1S/C31H41FN6O3S/c1-31(2,3)41-30(39)35-29-34-20-27(42-29)22-37-15-11-26(12-16-37)40-25-8-5-23(6-9-25)21-36-13-4-14-38(18-17-36)28-10-7-24(32)19-33-28/h5-10,19-20,26H,4,11-18,21-22H2,1-3H3,(H,34,35,39). The van der Waals surface area contributed by atoms with Crippen molar-refractivity contribution in [3.8, 4) is 5.75 Å². The largest absolute Gasteiger partial charge is 0.490 e. The summed E-state index contributed by atoms with van der Waals surface area (Å²) in [5.74, 6) is 1.46. The van der Waals surface area contributed by atoms with E-state index in [4.69, 9.17) is 9.47 Å². The summed E-state index contributed by atoms with van der Waals surface area (Å²) in [6.07, 6.45) is 5.82. The molecule has 0 atom stereocenters. The first-order valence-electron chi connectivity index (χ1n) is 14.7. The molecule has 2 aromatic heterocycles. The second-order valence-corrected chi connectivity index (χ2v) is 13.1. The number of halogens is 1. The maximum absolute atomic E-state index is 13.2. The number of hydrogen-bond acceptors (Lipinski definition) is 9. The average Bonchev–Trinajstić information content (AvgIpc) is 3.24. The summed E-state index contributed by atoms with van der Waals surface area (Å²) in [4.78, 5) is 28.8. The molecule has 5 rings (SSSR count). The van der Waals surface area contributed by atoms with Crippen molar-refractivity contribution in [1.29, 1.82) is 0 Å². The van der Waals surface area contributed by atoms with E-state index in [9.17, 15) is 9.18 Å². The molecule has 0 saturated carbocycles. The molecule has 1 N–H and O–H groups in total. The van der Waals surface area contributed by atoms with Gasteiger partial charge in [0.05, 0.1) is 6.20 Å². The molecular weight excluding hydrogens is 555 g/mol. The third-order valence-electron chi connectivity index (χ3n) is 7.33. The number of likely N-dealkylation sites (tertiary alicyclic amines) is 1. The number of amides is 1. The molecule has 11 heteroatoms. The van der Waals surface area contributed by atoms with Crippen LogP contribution in [0.4, 0.5) is 20.1 Å². The SMILES string of the molecule is CC(C)(C)OC(=O)Nc1ncc(CN2CCC(Oc3ccc(CN4CCCN(c5ccc(F)cn5)CC4)cc3)CC2)s1. The molecule has 2 aliphatic heterocycles. The predicted octanol–water partition coefficient (Wildman–Crippen LogP) is 5.78. The molecular formula is C31H41FN6O3S. The van der Waals surface area contributed by atoms with Gasteiger partial charge in [-0.2, -0.15) is 0 Å². The summed E-state index contributed by atoms with van der Waals surface area (Å²) in [6, 6.07) is 11.8. The van der Waals surface area contributed by atoms with Crippen LogP contribution in [0.1, 0.15) is 50.5 Å². The average molecular weight is 597 g/mol. The Kier molecular flexibility index (Phi) is 9.91. The van der Waals surface area contributed by atoms with Crippen molar-refractivity contribution in [2.24, 2.45) is 0 Å². The van der Waals surface area contributed by atoms with Crippen LogP contribution in [0.5, 0.6) is 5.75 Å². The van der Waals surface area contributed by atoms with Crippen molar-refractivity contribution in [3.63, 3.8) is 0 Å². The molecule has 42 heavy (non-hydrogen) atoms. The molecule has 4 heterocycles. The van der Waals surface area contributed by atoms with E-state index in [0.717, 1.165) is 88.1 Å². The van der Waals surface area contributed by atoms with Crippen LogP contribution in [0.25, 0.3) is 0 Å². The smallest absolute Gasteiger partial charge is 0.413 e. The number of ether oxygens (including phenoxy) is 2. The fourth-order valence-electron chi connectivity index (χ4n) is 5.27. The number of carbonyl (C=O) groups is 1. The van der Waals surface area contributed by atoms with Gasteiger partial charge >= 0.3 is 6.09 Å².